The molecule has 6 heteroatoms. The fourth-order valence-electron chi connectivity index (χ4n) is 0.992. The lowest BCUT2D eigenvalue weighted by molar-refractivity contribution is 0.423. The molecule has 0 saturated carbocycles. The molecule has 1 aromatic rings. The van der Waals surface area contributed by atoms with Gasteiger partial charge in [0, 0.05) is 31.3 Å². The van der Waals surface area contributed by atoms with Crippen LogP contribution in [0.4, 0.5) is 10.2 Å². The van der Waals surface area contributed by atoms with Gasteiger partial charge in [0.15, 0.2) is 0 Å². The standard InChI is InChI=1S/C8H12BFN2O2/c1-3-12(2)8-4-7(10)6(5-11-8)9(13)14/h4-5,13-14H,3H2,1-2H3. The molecule has 0 unspecified atom stereocenters. The van der Waals surface area contributed by atoms with Crippen molar-refractivity contribution < 1.29 is 14.4 Å². The molecule has 0 bridgehead atoms. The monoisotopic (exact) mass is 198 g/mol. The molecule has 76 valence electrons. The van der Waals surface area contributed by atoms with Gasteiger partial charge in [0.2, 0.25) is 0 Å². The molecule has 0 radical (unpaired) electrons. The number of pyridine rings is 1. The summed E-state index contributed by atoms with van der Waals surface area (Å²) in [6.07, 6.45) is 1.13. The summed E-state index contributed by atoms with van der Waals surface area (Å²) >= 11 is 0. The van der Waals surface area contributed by atoms with Gasteiger partial charge in [-0.05, 0) is 6.92 Å². The summed E-state index contributed by atoms with van der Waals surface area (Å²) in [7, 11) is -0.0416. The Labute approximate surface area is 82.2 Å². The number of hydrogen-bond donors (Lipinski definition) is 2. The predicted octanol–water partition coefficient (Wildman–Crippen LogP) is -0.643. The van der Waals surface area contributed by atoms with Crippen molar-refractivity contribution in [2.75, 3.05) is 18.5 Å². The van der Waals surface area contributed by atoms with Gasteiger partial charge in [-0.3, -0.25) is 0 Å². The lowest BCUT2D eigenvalue weighted by atomic mass is 9.81. The van der Waals surface area contributed by atoms with Crippen LogP contribution in [0.2, 0.25) is 0 Å². The third kappa shape index (κ3) is 2.21. The van der Waals surface area contributed by atoms with Gasteiger partial charge in [0.25, 0.3) is 0 Å². The number of aromatic nitrogens is 1. The number of anilines is 1. The van der Waals surface area contributed by atoms with E-state index >= 15 is 0 Å². The topological polar surface area (TPSA) is 56.6 Å². The number of nitrogens with zero attached hydrogens (tertiary/aromatic N) is 2. The first-order valence-corrected chi connectivity index (χ1v) is 4.29. The molecular formula is C8H12BFN2O2. The SMILES string of the molecule is CCN(C)c1cc(F)c(B(O)O)cn1. The summed E-state index contributed by atoms with van der Waals surface area (Å²) < 4.78 is 13.2. The highest BCUT2D eigenvalue weighted by Crippen LogP contribution is 2.08. The van der Waals surface area contributed by atoms with E-state index in [-0.39, 0.29) is 5.46 Å². The van der Waals surface area contributed by atoms with Crippen molar-refractivity contribution in [3.63, 3.8) is 0 Å². The molecule has 14 heavy (non-hydrogen) atoms. The smallest absolute Gasteiger partial charge is 0.423 e. The molecule has 1 heterocycles. The van der Waals surface area contributed by atoms with Crippen molar-refractivity contribution in [3.05, 3.63) is 18.1 Å². The van der Waals surface area contributed by atoms with E-state index in [9.17, 15) is 4.39 Å². The van der Waals surface area contributed by atoms with E-state index in [4.69, 9.17) is 10.0 Å². The van der Waals surface area contributed by atoms with Gasteiger partial charge in [-0.1, -0.05) is 0 Å². The van der Waals surface area contributed by atoms with Crippen LogP contribution in [0, 0.1) is 5.82 Å². The molecule has 2 N–H and O–H groups in total. The maximum absolute atomic E-state index is 13.2. The molecular weight excluding hydrogens is 186 g/mol. The van der Waals surface area contributed by atoms with Crippen LogP contribution in [0.25, 0.3) is 0 Å². The van der Waals surface area contributed by atoms with Gasteiger partial charge in [-0.25, -0.2) is 9.37 Å². The molecule has 0 spiro atoms. The lowest BCUT2D eigenvalue weighted by Crippen LogP contribution is -2.33. The van der Waals surface area contributed by atoms with Gasteiger partial charge in [0.1, 0.15) is 11.6 Å². The second kappa shape index (κ2) is 4.39. The first kappa shape index (κ1) is 10.9. The van der Waals surface area contributed by atoms with Gasteiger partial charge >= 0.3 is 7.12 Å². The highest BCUT2D eigenvalue weighted by molar-refractivity contribution is 6.58. The fourth-order valence-corrected chi connectivity index (χ4v) is 0.992. The molecule has 1 aromatic heterocycles. The van der Waals surface area contributed by atoms with Crippen LogP contribution in [0.1, 0.15) is 6.92 Å². The van der Waals surface area contributed by atoms with Crippen LogP contribution in [-0.4, -0.2) is 35.7 Å². The Kier molecular flexibility index (Phi) is 3.43. The van der Waals surface area contributed by atoms with Crippen LogP contribution in [0.3, 0.4) is 0 Å². The second-order valence-corrected chi connectivity index (χ2v) is 2.95. The Morgan fingerprint density at radius 1 is 1.57 bits per heavy atom. The molecule has 0 fully saturated rings. The number of rotatable bonds is 3. The number of hydrogen-bond acceptors (Lipinski definition) is 4. The van der Waals surface area contributed by atoms with Crippen molar-refractivity contribution in [2.45, 2.75) is 6.92 Å². The largest absolute Gasteiger partial charge is 0.493 e. The highest BCUT2D eigenvalue weighted by atomic mass is 19.1. The molecule has 4 nitrogen and oxygen atoms in total. The zero-order valence-electron chi connectivity index (χ0n) is 8.11. The number of halogens is 1. The summed E-state index contributed by atoms with van der Waals surface area (Å²) in [5.74, 6) is -0.195. The van der Waals surface area contributed by atoms with E-state index in [2.05, 4.69) is 4.98 Å². The molecule has 1 rings (SSSR count). The van der Waals surface area contributed by atoms with Crippen LogP contribution >= 0.6 is 0 Å². The zero-order valence-corrected chi connectivity index (χ0v) is 8.11. The molecule has 0 aliphatic carbocycles. The lowest BCUT2D eigenvalue weighted by Gasteiger charge is -2.15. The normalized spacial score (nSPS) is 10.1. The van der Waals surface area contributed by atoms with E-state index < -0.39 is 12.9 Å². The van der Waals surface area contributed by atoms with Crippen molar-refractivity contribution in [2.24, 2.45) is 0 Å². The van der Waals surface area contributed by atoms with Crippen molar-refractivity contribution >= 4 is 18.4 Å². The first-order chi connectivity index (χ1) is 6.56. The Hall–Kier alpha value is -1.14. The Bertz CT molecular complexity index is 322. The Balaban J connectivity index is 3.00. The molecule has 0 aromatic carbocycles. The first-order valence-electron chi connectivity index (χ1n) is 4.29. The summed E-state index contributed by atoms with van der Waals surface area (Å²) in [5.41, 5.74) is -0.210. The Morgan fingerprint density at radius 3 is 2.64 bits per heavy atom. The highest BCUT2D eigenvalue weighted by Gasteiger charge is 2.17. The zero-order chi connectivity index (χ0) is 10.7. The minimum absolute atomic E-state index is 0.210. The fraction of sp³-hybridized carbons (Fsp3) is 0.375. The van der Waals surface area contributed by atoms with Crippen LogP contribution < -0.4 is 10.4 Å². The second-order valence-electron chi connectivity index (χ2n) is 2.95. The average Bonchev–Trinajstić information content (AvgIpc) is 2.15. The van der Waals surface area contributed by atoms with Crippen molar-refractivity contribution in [3.8, 4) is 0 Å². The van der Waals surface area contributed by atoms with Gasteiger partial charge in [-0.15, -0.1) is 0 Å². The van der Waals surface area contributed by atoms with Crippen LogP contribution in [-0.2, 0) is 0 Å². The van der Waals surface area contributed by atoms with Gasteiger partial charge < -0.3 is 14.9 Å². The summed E-state index contributed by atoms with van der Waals surface area (Å²) in [5, 5.41) is 17.5. The van der Waals surface area contributed by atoms with Crippen molar-refractivity contribution in [1.29, 1.82) is 0 Å². The van der Waals surface area contributed by atoms with Gasteiger partial charge in [-0.2, -0.15) is 0 Å². The maximum atomic E-state index is 13.2. The summed E-state index contributed by atoms with van der Waals surface area (Å²) in [4.78, 5) is 5.64. The minimum atomic E-state index is -1.82. The van der Waals surface area contributed by atoms with E-state index in [0.29, 0.717) is 12.4 Å². The molecule has 0 aliphatic heterocycles. The minimum Gasteiger partial charge on any atom is -0.423 e. The quantitative estimate of drug-likeness (QED) is 0.634. The van der Waals surface area contributed by atoms with E-state index in [1.807, 2.05) is 6.92 Å². The third-order valence-electron chi connectivity index (χ3n) is 2.01. The van der Waals surface area contributed by atoms with Crippen molar-refractivity contribution in [1.82, 2.24) is 4.98 Å². The van der Waals surface area contributed by atoms with Crippen LogP contribution in [0.5, 0.6) is 0 Å². The van der Waals surface area contributed by atoms with Crippen LogP contribution in [0.15, 0.2) is 12.3 Å². The Morgan fingerprint density at radius 2 is 2.21 bits per heavy atom. The average molecular weight is 198 g/mol. The summed E-state index contributed by atoms with van der Waals surface area (Å²) in [6, 6.07) is 1.18. The molecule has 0 amide bonds. The maximum Gasteiger partial charge on any atom is 0.493 e. The molecule has 0 atom stereocenters. The van der Waals surface area contributed by atoms with E-state index in [0.717, 1.165) is 6.20 Å². The molecule has 0 saturated heterocycles. The molecule has 0 aliphatic rings. The third-order valence-corrected chi connectivity index (χ3v) is 2.01. The van der Waals surface area contributed by atoms with Gasteiger partial charge in [0.05, 0.1) is 0 Å². The predicted molar refractivity (Wildman–Crippen MR) is 53.0 cm³/mol. The summed E-state index contributed by atoms with van der Waals surface area (Å²) in [6.45, 7) is 2.61. The van der Waals surface area contributed by atoms with E-state index in [1.54, 1.807) is 11.9 Å². The van der Waals surface area contributed by atoms with E-state index in [1.165, 1.54) is 6.07 Å².